The van der Waals surface area contributed by atoms with Crippen molar-refractivity contribution < 1.29 is 14.7 Å². The van der Waals surface area contributed by atoms with Gasteiger partial charge in [-0.25, -0.2) is 0 Å². The standard InChI is InChI=1S/C21H19NO3S/c23-17(11-14-7-3-1-4-8-14)15-12-18(24)20(19(25)13-15)21(26)22-16-9-5-2-6-10-16/h1-10,15,24H,11-13H2,(H,22,26). The zero-order chi connectivity index (χ0) is 18.5. The molecule has 3 rings (SSSR count). The van der Waals surface area contributed by atoms with E-state index in [0.717, 1.165) is 11.3 Å². The SMILES string of the molecule is O=C1CC(C(=O)Cc2ccccc2)CC(O)=C1C(=S)Nc1ccccc1. The summed E-state index contributed by atoms with van der Waals surface area (Å²) in [6.07, 6.45) is 0.471. The van der Waals surface area contributed by atoms with Crippen LogP contribution in [0.25, 0.3) is 0 Å². The molecular formula is C21H19NO3S. The molecule has 1 aliphatic rings. The first-order valence-corrected chi connectivity index (χ1v) is 8.83. The Kier molecular flexibility index (Phi) is 5.58. The average Bonchev–Trinajstić information content (AvgIpc) is 2.62. The van der Waals surface area contributed by atoms with E-state index in [1.807, 2.05) is 60.7 Å². The maximum Gasteiger partial charge on any atom is 0.169 e. The quantitative estimate of drug-likeness (QED) is 0.783. The third kappa shape index (κ3) is 4.24. The van der Waals surface area contributed by atoms with Crippen LogP contribution in [0, 0.1) is 5.92 Å². The number of nitrogens with one attached hydrogen (secondary N) is 1. The van der Waals surface area contributed by atoms with Crippen LogP contribution in [0.2, 0.25) is 0 Å². The van der Waals surface area contributed by atoms with Crippen LogP contribution < -0.4 is 5.32 Å². The molecule has 132 valence electrons. The number of anilines is 1. The molecule has 0 amide bonds. The Hall–Kier alpha value is -2.79. The van der Waals surface area contributed by atoms with Crippen molar-refractivity contribution in [3.8, 4) is 0 Å². The van der Waals surface area contributed by atoms with E-state index in [2.05, 4.69) is 5.32 Å². The minimum absolute atomic E-state index is 0.0444. The maximum atomic E-state index is 12.5. The minimum Gasteiger partial charge on any atom is -0.511 e. The van der Waals surface area contributed by atoms with Gasteiger partial charge in [0.1, 0.15) is 16.5 Å². The summed E-state index contributed by atoms with van der Waals surface area (Å²) in [6.45, 7) is 0. The highest BCUT2D eigenvalue weighted by atomic mass is 32.1. The Bertz CT molecular complexity index is 859. The summed E-state index contributed by atoms with van der Waals surface area (Å²) in [5.41, 5.74) is 1.76. The van der Waals surface area contributed by atoms with Crippen molar-refractivity contribution in [3.05, 3.63) is 77.6 Å². The Morgan fingerprint density at radius 3 is 2.27 bits per heavy atom. The fourth-order valence-electron chi connectivity index (χ4n) is 3.04. The van der Waals surface area contributed by atoms with Crippen LogP contribution in [-0.2, 0) is 16.0 Å². The molecule has 2 aromatic rings. The van der Waals surface area contributed by atoms with E-state index in [4.69, 9.17) is 12.2 Å². The van der Waals surface area contributed by atoms with Gasteiger partial charge in [0.25, 0.3) is 0 Å². The molecule has 0 aliphatic heterocycles. The molecule has 0 saturated carbocycles. The highest BCUT2D eigenvalue weighted by molar-refractivity contribution is 7.81. The molecule has 0 spiro atoms. The van der Waals surface area contributed by atoms with Gasteiger partial charge in [-0.05, 0) is 17.7 Å². The van der Waals surface area contributed by atoms with E-state index < -0.39 is 5.92 Å². The van der Waals surface area contributed by atoms with Crippen LogP contribution in [0.5, 0.6) is 0 Å². The van der Waals surface area contributed by atoms with E-state index >= 15 is 0 Å². The number of aliphatic hydroxyl groups excluding tert-OH is 1. The van der Waals surface area contributed by atoms with Gasteiger partial charge >= 0.3 is 0 Å². The molecule has 26 heavy (non-hydrogen) atoms. The molecule has 0 radical (unpaired) electrons. The summed E-state index contributed by atoms with van der Waals surface area (Å²) >= 11 is 5.28. The molecule has 0 saturated heterocycles. The highest BCUT2D eigenvalue weighted by Crippen LogP contribution is 2.28. The van der Waals surface area contributed by atoms with Crippen LogP contribution >= 0.6 is 12.2 Å². The first kappa shape index (κ1) is 18.0. The second-order valence-corrected chi connectivity index (χ2v) is 6.71. The molecule has 2 N–H and O–H groups in total. The molecule has 0 heterocycles. The number of ketones is 2. The first-order valence-electron chi connectivity index (χ1n) is 8.43. The Balaban J connectivity index is 1.70. The lowest BCUT2D eigenvalue weighted by Gasteiger charge is -2.23. The number of rotatable bonds is 5. The van der Waals surface area contributed by atoms with E-state index in [9.17, 15) is 14.7 Å². The number of carbonyl (C=O) groups excluding carboxylic acids is 2. The molecule has 1 aliphatic carbocycles. The lowest BCUT2D eigenvalue weighted by atomic mass is 9.82. The van der Waals surface area contributed by atoms with Gasteiger partial charge in [0.05, 0.1) is 5.57 Å². The number of hydrogen-bond acceptors (Lipinski definition) is 4. The molecular weight excluding hydrogens is 346 g/mol. The highest BCUT2D eigenvalue weighted by Gasteiger charge is 2.33. The van der Waals surface area contributed by atoms with Gasteiger partial charge in [0, 0.05) is 30.9 Å². The normalized spacial score (nSPS) is 17.1. The zero-order valence-electron chi connectivity index (χ0n) is 14.1. The monoisotopic (exact) mass is 365 g/mol. The fraction of sp³-hybridized carbons (Fsp3) is 0.190. The van der Waals surface area contributed by atoms with Crippen molar-refractivity contribution in [2.24, 2.45) is 5.92 Å². The lowest BCUT2D eigenvalue weighted by molar-refractivity contribution is -0.127. The van der Waals surface area contributed by atoms with Crippen LogP contribution in [0.1, 0.15) is 18.4 Å². The number of aliphatic hydroxyl groups is 1. The van der Waals surface area contributed by atoms with Crippen LogP contribution in [0.3, 0.4) is 0 Å². The van der Waals surface area contributed by atoms with Crippen molar-refractivity contribution in [2.45, 2.75) is 19.3 Å². The predicted octanol–water partition coefficient (Wildman–Crippen LogP) is 4.03. The van der Waals surface area contributed by atoms with Crippen molar-refractivity contribution in [3.63, 3.8) is 0 Å². The molecule has 0 fully saturated rings. The summed E-state index contributed by atoms with van der Waals surface area (Å²) in [5.74, 6) is -0.960. The number of carbonyl (C=O) groups is 2. The van der Waals surface area contributed by atoms with Gasteiger partial charge in [-0.1, -0.05) is 60.7 Å². The molecule has 0 aromatic heterocycles. The Labute approximate surface area is 157 Å². The van der Waals surface area contributed by atoms with Crippen LogP contribution in [0.4, 0.5) is 5.69 Å². The van der Waals surface area contributed by atoms with Crippen LogP contribution in [-0.4, -0.2) is 21.7 Å². The molecule has 1 unspecified atom stereocenters. The first-order chi connectivity index (χ1) is 12.5. The summed E-state index contributed by atoms with van der Waals surface area (Å²) in [5, 5.41) is 13.3. The number of Topliss-reactive ketones (excluding diaryl/α,β-unsaturated/α-hetero) is 2. The van der Waals surface area contributed by atoms with E-state index in [1.54, 1.807) is 0 Å². The largest absolute Gasteiger partial charge is 0.511 e. The number of benzene rings is 2. The van der Waals surface area contributed by atoms with Gasteiger partial charge in [-0.2, -0.15) is 0 Å². The molecule has 0 bridgehead atoms. The number of hydrogen-bond donors (Lipinski definition) is 2. The Morgan fingerprint density at radius 2 is 1.65 bits per heavy atom. The fourth-order valence-corrected chi connectivity index (χ4v) is 3.39. The molecule has 1 atom stereocenters. The molecule has 4 nitrogen and oxygen atoms in total. The van der Waals surface area contributed by atoms with E-state index in [0.29, 0.717) is 0 Å². The zero-order valence-corrected chi connectivity index (χ0v) is 15.0. The van der Waals surface area contributed by atoms with Gasteiger partial charge in [0.2, 0.25) is 0 Å². The van der Waals surface area contributed by atoms with Crippen molar-refractivity contribution in [1.29, 1.82) is 0 Å². The number of para-hydroxylation sites is 1. The van der Waals surface area contributed by atoms with Crippen molar-refractivity contribution in [2.75, 3.05) is 5.32 Å². The average molecular weight is 365 g/mol. The van der Waals surface area contributed by atoms with Crippen molar-refractivity contribution >= 4 is 34.5 Å². The third-order valence-electron chi connectivity index (χ3n) is 4.37. The maximum absolute atomic E-state index is 12.5. The third-order valence-corrected chi connectivity index (χ3v) is 4.68. The molecule has 5 heteroatoms. The predicted molar refractivity (Wildman–Crippen MR) is 105 cm³/mol. The summed E-state index contributed by atoms with van der Waals surface area (Å²) in [4.78, 5) is 25.2. The van der Waals surface area contributed by atoms with Crippen LogP contribution in [0.15, 0.2) is 72.0 Å². The second-order valence-electron chi connectivity index (χ2n) is 6.30. The summed E-state index contributed by atoms with van der Waals surface area (Å²) in [7, 11) is 0. The minimum atomic E-state index is -0.508. The van der Waals surface area contributed by atoms with E-state index in [1.165, 1.54) is 0 Å². The Morgan fingerprint density at radius 1 is 1.04 bits per heavy atom. The van der Waals surface area contributed by atoms with Gasteiger partial charge < -0.3 is 10.4 Å². The number of thiocarbonyl (C=S) groups is 1. The number of allylic oxidation sites excluding steroid dienone is 1. The summed E-state index contributed by atoms with van der Waals surface area (Å²) in [6, 6.07) is 18.6. The lowest BCUT2D eigenvalue weighted by Crippen LogP contribution is -2.31. The van der Waals surface area contributed by atoms with E-state index in [-0.39, 0.29) is 47.1 Å². The van der Waals surface area contributed by atoms with Crippen molar-refractivity contribution in [1.82, 2.24) is 0 Å². The molecule has 2 aromatic carbocycles. The second kappa shape index (κ2) is 8.06. The topological polar surface area (TPSA) is 66.4 Å². The van der Waals surface area contributed by atoms with Gasteiger partial charge in [0.15, 0.2) is 5.78 Å². The van der Waals surface area contributed by atoms with Gasteiger partial charge in [-0.15, -0.1) is 0 Å². The van der Waals surface area contributed by atoms with Gasteiger partial charge in [-0.3, -0.25) is 9.59 Å². The smallest absolute Gasteiger partial charge is 0.169 e. The summed E-state index contributed by atoms with van der Waals surface area (Å²) < 4.78 is 0.